The maximum absolute atomic E-state index is 12.5. The van der Waals surface area contributed by atoms with E-state index in [0.29, 0.717) is 10.6 Å². The topological polar surface area (TPSA) is 101 Å². The molecule has 180 valence electrons. The second-order valence-electron chi connectivity index (χ2n) is 8.99. The lowest BCUT2D eigenvalue weighted by Gasteiger charge is -2.24. The first-order valence-electron chi connectivity index (χ1n) is 11.0. The number of nitrogens with one attached hydrogen (secondary N) is 1. The first-order chi connectivity index (χ1) is 16.6. The Morgan fingerprint density at radius 3 is 2.57 bits per heavy atom. The van der Waals surface area contributed by atoms with E-state index < -0.39 is 11.7 Å². The summed E-state index contributed by atoms with van der Waals surface area (Å²) in [7, 11) is 1.67. The number of rotatable bonds is 6. The van der Waals surface area contributed by atoms with E-state index in [4.69, 9.17) is 4.74 Å². The maximum atomic E-state index is 12.5. The molecule has 0 aliphatic heterocycles. The number of fused-ring (bicyclic) bond motifs is 1. The van der Waals surface area contributed by atoms with Crippen LogP contribution in [0.1, 0.15) is 37.3 Å². The highest BCUT2D eigenvalue weighted by Crippen LogP contribution is 2.45. The maximum Gasteiger partial charge on any atom is 0.414 e. The van der Waals surface area contributed by atoms with Gasteiger partial charge in [-0.05, 0) is 56.7 Å². The molecule has 0 bridgehead atoms. The highest BCUT2D eigenvalue weighted by atomic mass is 32.2. The number of anilines is 1. The molecule has 2 heterocycles. The van der Waals surface area contributed by atoms with Crippen molar-refractivity contribution in [2.75, 3.05) is 11.9 Å². The number of thioether (sulfide) groups is 1. The summed E-state index contributed by atoms with van der Waals surface area (Å²) in [5.41, 5.74) is 2.69. The number of nitro benzene ring substituents is 1. The van der Waals surface area contributed by atoms with Crippen LogP contribution in [0.5, 0.6) is 0 Å². The van der Waals surface area contributed by atoms with Crippen molar-refractivity contribution in [2.45, 2.75) is 36.5 Å². The van der Waals surface area contributed by atoms with E-state index in [-0.39, 0.29) is 15.9 Å². The lowest BCUT2D eigenvalue weighted by molar-refractivity contribution is -0.387. The standard InChI is InChI=1S/C26H26N4O4S/c1-26(2,3)34-25(31)29(4)17-12-13-18-19(16-28-21(18)15-17)24(20-9-7-8-14-27-20)35-23-11-6-5-10-22(23)30(32)33/h5-16,24,28H,1-4H3. The second-order valence-corrected chi connectivity index (χ2v) is 10.1. The molecule has 1 unspecified atom stereocenters. The number of ether oxygens (including phenoxy) is 1. The number of hydrogen-bond acceptors (Lipinski definition) is 6. The number of H-pyrrole nitrogens is 1. The van der Waals surface area contributed by atoms with E-state index in [1.807, 2.05) is 63.4 Å². The zero-order chi connectivity index (χ0) is 25.2. The van der Waals surface area contributed by atoms with E-state index in [0.717, 1.165) is 22.2 Å². The summed E-state index contributed by atoms with van der Waals surface area (Å²) < 4.78 is 5.47. The minimum Gasteiger partial charge on any atom is -0.443 e. The van der Waals surface area contributed by atoms with Gasteiger partial charge in [0.25, 0.3) is 5.69 Å². The Morgan fingerprint density at radius 1 is 1.14 bits per heavy atom. The summed E-state index contributed by atoms with van der Waals surface area (Å²) in [4.78, 5) is 33.6. The Hall–Kier alpha value is -3.85. The number of para-hydroxylation sites is 1. The molecular weight excluding hydrogens is 464 g/mol. The second kappa shape index (κ2) is 9.79. The van der Waals surface area contributed by atoms with Crippen molar-refractivity contribution in [1.29, 1.82) is 0 Å². The van der Waals surface area contributed by atoms with Crippen molar-refractivity contribution in [2.24, 2.45) is 0 Å². The number of carbonyl (C=O) groups excluding carboxylic acids is 1. The summed E-state index contributed by atoms with van der Waals surface area (Å²) in [5, 5.41) is 12.3. The van der Waals surface area contributed by atoms with Crippen LogP contribution >= 0.6 is 11.8 Å². The molecule has 0 aliphatic carbocycles. The Bertz CT molecular complexity index is 1360. The van der Waals surface area contributed by atoms with Gasteiger partial charge in [0.1, 0.15) is 5.60 Å². The average Bonchev–Trinajstić information content (AvgIpc) is 3.24. The number of aromatic nitrogens is 2. The predicted octanol–water partition coefficient (Wildman–Crippen LogP) is 6.72. The number of nitrogens with zero attached hydrogens (tertiary/aromatic N) is 3. The van der Waals surface area contributed by atoms with Gasteiger partial charge in [0.15, 0.2) is 0 Å². The first kappa shape index (κ1) is 24.3. The van der Waals surface area contributed by atoms with Gasteiger partial charge in [-0.2, -0.15) is 0 Å². The van der Waals surface area contributed by atoms with Gasteiger partial charge in [-0.25, -0.2) is 4.79 Å². The SMILES string of the molecule is CN(C(=O)OC(C)(C)C)c1ccc2c(C(Sc3ccccc3[N+](=O)[O-])c3ccccn3)c[nH]c2c1. The molecule has 1 N–H and O–H groups in total. The summed E-state index contributed by atoms with van der Waals surface area (Å²) in [6, 6.07) is 18.0. The van der Waals surface area contributed by atoms with Crippen LogP contribution in [0.15, 0.2) is 78.0 Å². The Labute approximate surface area is 207 Å². The van der Waals surface area contributed by atoms with Gasteiger partial charge in [0.2, 0.25) is 0 Å². The molecule has 9 heteroatoms. The zero-order valence-corrected chi connectivity index (χ0v) is 20.7. The molecule has 35 heavy (non-hydrogen) atoms. The van der Waals surface area contributed by atoms with E-state index in [1.165, 1.54) is 22.7 Å². The minimum absolute atomic E-state index is 0.0551. The summed E-state index contributed by atoms with van der Waals surface area (Å²) in [6.45, 7) is 5.48. The molecule has 0 fully saturated rings. The van der Waals surface area contributed by atoms with Crippen molar-refractivity contribution in [1.82, 2.24) is 9.97 Å². The number of aromatic amines is 1. The van der Waals surface area contributed by atoms with E-state index in [2.05, 4.69) is 9.97 Å². The van der Waals surface area contributed by atoms with E-state index in [9.17, 15) is 14.9 Å². The Balaban J connectivity index is 1.73. The molecule has 0 saturated carbocycles. The predicted molar refractivity (Wildman–Crippen MR) is 138 cm³/mol. The van der Waals surface area contributed by atoms with Gasteiger partial charge in [-0.1, -0.05) is 24.3 Å². The van der Waals surface area contributed by atoms with Gasteiger partial charge >= 0.3 is 6.09 Å². The first-order valence-corrected chi connectivity index (χ1v) is 11.9. The molecule has 1 atom stereocenters. The quantitative estimate of drug-likeness (QED) is 0.183. The molecule has 4 rings (SSSR count). The molecule has 4 aromatic rings. The van der Waals surface area contributed by atoms with Crippen LogP contribution in [-0.2, 0) is 4.74 Å². The van der Waals surface area contributed by atoms with E-state index in [1.54, 1.807) is 31.4 Å². The zero-order valence-electron chi connectivity index (χ0n) is 19.9. The van der Waals surface area contributed by atoms with Crippen molar-refractivity contribution < 1.29 is 14.5 Å². The third kappa shape index (κ3) is 5.46. The third-order valence-electron chi connectivity index (χ3n) is 5.30. The third-order valence-corrected chi connectivity index (χ3v) is 6.63. The molecule has 0 aliphatic rings. The molecule has 8 nitrogen and oxygen atoms in total. The van der Waals surface area contributed by atoms with Crippen molar-refractivity contribution in [3.8, 4) is 0 Å². The number of carbonyl (C=O) groups is 1. The van der Waals surface area contributed by atoms with Gasteiger partial charge < -0.3 is 9.72 Å². The number of nitro groups is 1. The fourth-order valence-corrected chi connectivity index (χ4v) is 4.90. The van der Waals surface area contributed by atoms with E-state index >= 15 is 0 Å². The highest BCUT2D eigenvalue weighted by Gasteiger charge is 2.25. The normalized spacial score (nSPS) is 12.3. The molecule has 0 radical (unpaired) electrons. The van der Waals surface area contributed by atoms with Crippen molar-refractivity contribution in [3.63, 3.8) is 0 Å². The molecule has 2 aromatic heterocycles. The largest absolute Gasteiger partial charge is 0.443 e. The summed E-state index contributed by atoms with van der Waals surface area (Å²) in [5.74, 6) is 0. The lowest BCUT2D eigenvalue weighted by Crippen LogP contribution is -2.34. The molecule has 0 spiro atoms. The molecule has 2 aromatic carbocycles. The van der Waals surface area contributed by atoms with Crippen LogP contribution in [0.3, 0.4) is 0 Å². The lowest BCUT2D eigenvalue weighted by atomic mass is 10.1. The Kier molecular flexibility index (Phi) is 6.79. The van der Waals surface area contributed by atoms with Crippen LogP contribution in [-0.4, -0.2) is 33.6 Å². The summed E-state index contributed by atoms with van der Waals surface area (Å²) >= 11 is 1.38. The number of benzene rings is 2. The van der Waals surface area contributed by atoms with Gasteiger partial charge in [0, 0.05) is 42.1 Å². The van der Waals surface area contributed by atoms with Crippen molar-refractivity contribution >= 4 is 40.1 Å². The van der Waals surface area contributed by atoms with Gasteiger partial charge in [0.05, 0.1) is 20.8 Å². The van der Waals surface area contributed by atoms with Crippen LogP contribution in [0.4, 0.5) is 16.2 Å². The average molecular weight is 491 g/mol. The van der Waals surface area contributed by atoms with Crippen molar-refractivity contribution in [3.05, 3.63) is 94.4 Å². The summed E-state index contributed by atoms with van der Waals surface area (Å²) in [6.07, 6.45) is 3.16. The smallest absolute Gasteiger partial charge is 0.414 e. The monoisotopic (exact) mass is 490 g/mol. The van der Waals surface area contributed by atoms with Crippen LogP contribution < -0.4 is 4.90 Å². The van der Waals surface area contributed by atoms with Crippen LogP contribution in [0.2, 0.25) is 0 Å². The number of hydrogen-bond donors (Lipinski definition) is 1. The van der Waals surface area contributed by atoms with Gasteiger partial charge in [-0.15, -0.1) is 11.8 Å². The fraction of sp³-hybridized carbons (Fsp3) is 0.231. The molecular formula is C26H26N4O4S. The molecule has 0 saturated heterocycles. The number of pyridine rings is 1. The van der Waals surface area contributed by atoms with Crippen LogP contribution in [0, 0.1) is 10.1 Å². The number of amides is 1. The highest BCUT2D eigenvalue weighted by molar-refractivity contribution is 7.99. The molecule has 1 amide bonds. The fourth-order valence-electron chi connectivity index (χ4n) is 3.65. The Morgan fingerprint density at radius 2 is 1.89 bits per heavy atom. The van der Waals surface area contributed by atoms with Crippen LogP contribution in [0.25, 0.3) is 10.9 Å². The minimum atomic E-state index is -0.595. The van der Waals surface area contributed by atoms with Gasteiger partial charge in [-0.3, -0.25) is 20.0 Å².